The van der Waals surface area contributed by atoms with Crippen LogP contribution in [0.2, 0.25) is 10.0 Å². The highest BCUT2D eigenvalue weighted by Crippen LogP contribution is 2.36. The van der Waals surface area contributed by atoms with Crippen LogP contribution < -0.4 is 5.73 Å². The Morgan fingerprint density at radius 2 is 1.53 bits per heavy atom. The molecule has 6 nitrogen and oxygen atoms in total. The molecule has 2 aromatic rings. The van der Waals surface area contributed by atoms with Gasteiger partial charge in [0.05, 0.1) is 21.7 Å². The number of halogens is 8. The third-order valence-electron chi connectivity index (χ3n) is 5.45. The van der Waals surface area contributed by atoms with Gasteiger partial charge in [0.1, 0.15) is 6.04 Å². The summed E-state index contributed by atoms with van der Waals surface area (Å²) in [4.78, 5) is 38.1. The molecule has 0 saturated heterocycles. The smallest absolute Gasteiger partial charge is 0.416 e. The van der Waals surface area contributed by atoms with Gasteiger partial charge in [0.25, 0.3) is 5.91 Å². The maximum Gasteiger partial charge on any atom is 0.416 e. The van der Waals surface area contributed by atoms with Crippen LogP contribution in [0.15, 0.2) is 36.4 Å². The van der Waals surface area contributed by atoms with Crippen molar-refractivity contribution in [3.05, 3.63) is 68.7 Å². The number of carboxylic acids is 1. The van der Waals surface area contributed by atoms with Gasteiger partial charge in [-0.05, 0) is 60.7 Å². The van der Waals surface area contributed by atoms with Crippen molar-refractivity contribution in [3.63, 3.8) is 0 Å². The summed E-state index contributed by atoms with van der Waals surface area (Å²) in [6.45, 7) is 1.16. The summed E-state index contributed by atoms with van der Waals surface area (Å²) >= 11 is 12.0. The molecule has 2 atom stereocenters. The number of hydrogen-bond donors (Lipinski definition) is 2. The van der Waals surface area contributed by atoms with Crippen LogP contribution in [-0.4, -0.2) is 40.4 Å². The van der Waals surface area contributed by atoms with Crippen molar-refractivity contribution >= 4 is 41.0 Å². The molecule has 0 aliphatic carbocycles. The van der Waals surface area contributed by atoms with Gasteiger partial charge in [-0.25, -0.2) is 0 Å². The number of rotatable bonds is 9. The number of nitrogens with zero attached hydrogens (tertiary/aromatic N) is 1. The van der Waals surface area contributed by atoms with E-state index in [2.05, 4.69) is 0 Å². The number of hydrogen-bond acceptors (Lipinski definition) is 4. The predicted octanol–water partition coefficient (Wildman–Crippen LogP) is 6.07. The molecule has 0 bridgehead atoms. The first kappa shape index (κ1) is 31.4. The lowest BCUT2D eigenvalue weighted by atomic mass is 9.99. The maximum atomic E-state index is 13.2. The van der Waals surface area contributed by atoms with E-state index >= 15 is 0 Å². The predicted molar refractivity (Wildman–Crippen MR) is 127 cm³/mol. The zero-order valence-electron chi connectivity index (χ0n) is 19.7. The second-order valence-electron chi connectivity index (χ2n) is 8.63. The Hall–Kier alpha value is -2.83. The van der Waals surface area contributed by atoms with Crippen molar-refractivity contribution in [2.75, 3.05) is 6.54 Å². The second kappa shape index (κ2) is 12.4. The minimum Gasteiger partial charge on any atom is -0.480 e. The lowest BCUT2D eigenvalue weighted by Gasteiger charge is -2.26. The topological polar surface area (TPSA) is 101 Å². The minimum atomic E-state index is -5.07. The van der Waals surface area contributed by atoms with Crippen LogP contribution in [0.1, 0.15) is 46.8 Å². The Kier molecular flexibility index (Phi) is 10.2. The van der Waals surface area contributed by atoms with E-state index in [-0.39, 0.29) is 34.6 Å². The van der Waals surface area contributed by atoms with Crippen LogP contribution in [0.3, 0.4) is 0 Å². The SMILES string of the molecule is CC(C[C@@H](N)C(=O)O)CN(C(=O)CCc1cc(C(F)(F)F)cc(C(F)(F)F)c1)C(=O)c1cc(Cl)ccc1Cl. The van der Waals surface area contributed by atoms with Gasteiger partial charge >= 0.3 is 18.3 Å². The van der Waals surface area contributed by atoms with E-state index in [0.717, 1.165) is 0 Å². The largest absolute Gasteiger partial charge is 0.480 e. The van der Waals surface area contributed by atoms with Crippen molar-refractivity contribution in [1.82, 2.24) is 4.90 Å². The first-order valence-corrected chi connectivity index (χ1v) is 11.7. The van der Waals surface area contributed by atoms with E-state index in [4.69, 9.17) is 34.0 Å². The number of carbonyl (C=O) groups excluding carboxylic acids is 2. The fourth-order valence-corrected chi connectivity index (χ4v) is 3.95. The normalized spacial score (nSPS) is 13.6. The standard InChI is InChI=1S/C24H22Cl2F6N2O4/c1-12(6-19(33)22(37)38)11-34(21(36)17-10-16(25)3-4-18(17)26)20(35)5-2-13-7-14(23(27,28)29)9-15(8-13)24(30,31)32/h3-4,7-10,12,19H,2,5-6,11,33H2,1H3,(H,37,38)/t12?,19-/m1/s1. The lowest BCUT2D eigenvalue weighted by molar-refractivity contribution is -0.143. The molecule has 38 heavy (non-hydrogen) atoms. The molecular weight excluding hydrogens is 565 g/mol. The summed E-state index contributed by atoms with van der Waals surface area (Å²) in [6, 6.07) is 3.52. The Morgan fingerprint density at radius 3 is 2.03 bits per heavy atom. The van der Waals surface area contributed by atoms with Gasteiger partial charge in [-0.3, -0.25) is 19.3 Å². The van der Waals surface area contributed by atoms with E-state index in [9.17, 15) is 40.7 Å². The molecule has 0 aromatic heterocycles. The zero-order valence-corrected chi connectivity index (χ0v) is 21.2. The molecule has 2 aromatic carbocycles. The van der Waals surface area contributed by atoms with Gasteiger partial charge in [0.15, 0.2) is 0 Å². The van der Waals surface area contributed by atoms with Gasteiger partial charge in [-0.2, -0.15) is 26.3 Å². The van der Waals surface area contributed by atoms with E-state index in [0.29, 0.717) is 17.0 Å². The van der Waals surface area contributed by atoms with Crippen LogP contribution in [0, 0.1) is 5.92 Å². The Morgan fingerprint density at radius 1 is 0.974 bits per heavy atom. The van der Waals surface area contributed by atoms with Gasteiger partial charge in [-0.1, -0.05) is 30.1 Å². The average Bonchev–Trinajstić information content (AvgIpc) is 2.80. The van der Waals surface area contributed by atoms with E-state index in [1.54, 1.807) is 0 Å². The summed E-state index contributed by atoms with van der Waals surface area (Å²) in [7, 11) is 0. The highest BCUT2D eigenvalue weighted by molar-refractivity contribution is 6.36. The average molecular weight is 587 g/mol. The number of aliphatic carboxylic acids is 1. The maximum absolute atomic E-state index is 13.2. The molecule has 2 rings (SSSR count). The van der Waals surface area contributed by atoms with Crippen LogP contribution >= 0.6 is 23.2 Å². The molecule has 0 fully saturated rings. The molecule has 1 unspecified atom stereocenters. The summed E-state index contributed by atoms with van der Waals surface area (Å²) < 4.78 is 79.0. The third kappa shape index (κ3) is 8.60. The molecule has 0 heterocycles. The Balaban J connectivity index is 2.37. The van der Waals surface area contributed by atoms with Crippen molar-refractivity contribution in [3.8, 4) is 0 Å². The number of alkyl halides is 6. The van der Waals surface area contributed by atoms with E-state index < -0.39 is 71.6 Å². The third-order valence-corrected chi connectivity index (χ3v) is 6.01. The molecular formula is C24H22Cl2F6N2O4. The van der Waals surface area contributed by atoms with Crippen molar-refractivity contribution in [1.29, 1.82) is 0 Å². The second-order valence-corrected chi connectivity index (χ2v) is 9.48. The van der Waals surface area contributed by atoms with E-state index in [1.165, 1.54) is 25.1 Å². The lowest BCUT2D eigenvalue weighted by Crippen LogP contribution is -2.42. The fraction of sp³-hybridized carbons (Fsp3) is 0.375. The molecule has 14 heteroatoms. The number of imide groups is 1. The number of carboxylic acid groups (broad SMARTS) is 1. The van der Waals surface area contributed by atoms with Crippen molar-refractivity contribution in [2.45, 2.75) is 44.6 Å². The summed E-state index contributed by atoms with van der Waals surface area (Å²) in [5.41, 5.74) is 1.85. The highest BCUT2D eigenvalue weighted by atomic mass is 35.5. The molecule has 208 valence electrons. The van der Waals surface area contributed by atoms with Crippen LogP contribution in [0.5, 0.6) is 0 Å². The van der Waals surface area contributed by atoms with Gasteiger partial charge in [-0.15, -0.1) is 0 Å². The Bertz CT molecular complexity index is 1170. The van der Waals surface area contributed by atoms with Crippen LogP contribution in [-0.2, 0) is 28.4 Å². The number of benzene rings is 2. The van der Waals surface area contributed by atoms with Gasteiger partial charge in [0, 0.05) is 18.0 Å². The van der Waals surface area contributed by atoms with Crippen LogP contribution in [0.4, 0.5) is 26.3 Å². The molecule has 0 saturated carbocycles. The van der Waals surface area contributed by atoms with Crippen molar-refractivity contribution in [2.24, 2.45) is 11.7 Å². The number of amides is 2. The van der Waals surface area contributed by atoms with Gasteiger partial charge in [0.2, 0.25) is 5.91 Å². The fourth-order valence-electron chi connectivity index (χ4n) is 3.58. The number of nitrogens with two attached hydrogens (primary N) is 1. The highest BCUT2D eigenvalue weighted by Gasteiger charge is 2.37. The summed E-state index contributed by atoms with van der Waals surface area (Å²) in [5.74, 6) is -3.83. The van der Waals surface area contributed by atoms with Crippen LogP contribution in [0.25, 0.3) is 0 Å². The Labute approximate surface area is 223 Å². The zero-order chi connectivity index (χ0) is 29.0. The number of aryl methyl sites for hydroxylation is 1. The van der Waals surface area contributed by atoms with Crippen molar-refractivity contribution < 1.29 is 45.8 Å². The molecule has 0 radical (unpaired) electrons. The van der Waals surface area contributed by atoms with E-state index in [1.807, 2.05) is 0 Å². The van der Waals surface area contributed by atoms with Gasteiger partial charge < -0.3 is 10.8 Å². The first-order valence-electron chi connectivity index (χ1n) is 11.0. The summed E-state index contributed by atoms with van der Waals surface area (Å²) in [5, 5.41) is 9.07. The molecule has 0 spiro atoms. The quantitative estimate of drug-likeness (QED) is 0.347. The number of carbonyl (C=O) groups is 3. The molecule has 2 amide bonds. The minimum absolute atomic E-state index is 0.0321. The molecule has 3 N–H and O–H groups in total. The molecule has 0 aliphatic heterocycles. The molecule has 0 aliphatic rings. The first-order chi connectivity index (χ1) is 17.4. The summed E-state index contributed by atoms with van der Waals surface area (Å²) in [6.07, 6.45) is -11.5. The monoisotopic (exact) mass is 586 g/mol.